The van der Waals surface area contributed by atoms with E-state index >= 15 is 0 Å². The van der Waals surface area contributed by atoms with Gasteiger partial charge in [0.05, 0.1) is 148 Å². The summed E-state index contributed by atoms with van der Waals surface area (Å²) in [5.41, 5.74) is 0. The van der Waals surface area contributed by atoms with Gasteiger partial charge in [-0.05, 0) is 278 Å². The van der Waals surface area contributed by atoms with Crippen molar-refractivity contribution in [1.82, 2.24) is 128 Å². The minimum Gasteiger partial charge on any atom is -0.550 e. The van der Waals surface area contributed by atoms with E-state index in [1.54, 1.807) is 0 Å². The van der Waals surface area contributed by atoms with Gasteiger partial charge in [-0.25, -0.2) is 0 Å². The number of carbonyl (C=O) groups is 3. The third kappa shape index (κ3) is 16.7. The van der Waals surface area contributed by atoms with E-state index in [1.807, 2.05) is 0 Å². The zero-order valence-electron chi connectivity index (χ0n) is 77.8. The number of carbonyl (C=O) groups excluding carboxylic acids is 3. The minimum absolute atomic E-state index is 0. The number of carboxylic acids is 3. The Morgan fingerprint density at radius 2 is 0.223 bits per heavy atom. The van der Waals surface area contributed by atoms with E-state index in [0.717, 1.165) is 57.8 Å². The summed E-state index contributed by atoms with van der Waals surface area (Å²) >= 11 is 0. The van der Waals surface area contributed by atoms with Crippen molar-refractivity contribution in [3.05, 3.63) is 0 Å². The van der Waals surface area contributed by atoms with Crippen molar-refractivity contribution in [2.24, 2.45) is 160 Å². The second kappa shape index (κ2) is 38.4. The van der Waals surface area contributed by atoms with Gasteiger partial charge in [0.15, 0.2) is 0 Å². The summed E-state index contributed by atoms with van der Waals surface area (Å²) in [4.78, 5) is 37.6. The predicted octanol–water partition coefficient (Wildman–Crippen LogP) is 1.36. The van der Waals surface area contributed by atoms with E-state index in [2.05, 4.69) is 128 Å². The zero-order chi connectivity index (χ0) is 86.0. The summed E-state index contributed by atoms with van der Waals surface area (Å²) in [6.07, 6.45) is 60.4. The van der Waals surface area contributed by atoms with E-state index in [4.69, 9.17) is 0 Å². The molecule has 24 bridgehead atoms. The summed E-state index contributed by atoms with van der Waals surface area (Å²) in [6, 6.07) is 0. The van der Waals surface area contributed by atoms with Crippen LogP contribution in [0.1, 0.15) is 289 Å². The molecule has 31 heteroatoms. The molecule has 51 unspecified atom stereocenters. The predicted molar refractivity (Wildman–Crippen MR) is 489 cm³/mol. The maximum Gasteiger partial charge on any atom is 3.00 e. The molecule has 27 rings (SSSR count). The first-order chi connectivity index (χ1) is 63.4. The zero-order valence-corrected chi connectivity index (χ0v) is 78.9. The van der Waals surface area contributed by atoms with Crippen LogP contribution in [-0.4, -0.2) is 183 Å². The fourth-order valence-corrected chi connectivity index (χ4v) is 37.0. The first-order valence-electron chi connectivity index (χ1n) is 55.2. The monoisotopic (exact) mass is 1810 g/mol. The van der Waals surface area contributed by atoms with Crippen LogP contribution in [0.4, 0.5) is 0 Å². The average Bonchev–Trinajstić information content (AvgIpc) is 1.60. The summed E-state index contributed by atoms with van der Waals surface area (Å²) < 4.78 is 0. The van der Waals surface area contributed by atoms with Crippen LogP contribution in [0, 0.1) is 160 Å². The van der Waals surface area contributed by atoms with E-state index in [1.165, 1.54) is 231 Å². The largest absolute Gasteiger partial charge is 3.00 e. The van der Waals surface area contributed by atoms with Gasteiger partial charge in [0, 0.05) is 53.4 Å². The molecule has 24 N–H and O–H groups in total. The summed E-state index contributed by atoms with van der Waals surface area (Å²) in [7, 11) is 0. The Hall–Kier alpha value is -2.02. The summed E-state index contributed by atoms with van der Waals surface area (Å²) in [5.74, 6) is 8.49. The molecule has 0 aromatic rings. The van der Waals surface area contributed by atoms with Crippen molar-refractivity contribution >= 4 is 35.3 Å². The molecule has 130 heavy (non-hydrogen) atoms. The second-order valence-electron chi connectivity index (χ2n) is 48.3. The van der Waals surface area contributed by atoms with Crippen LogP contribution in [0.5, 0.6) is 0 Å². The summed E-state index contributed by atoms with van der Waals surface area (Å²) in [6.45, 7) is 0. The van der Waals surface area contributed by atoms with Gasteiger partial charge in [-0.3, -0.25) is 128 Å². The fourth-order valence-electron chi connectivity index (χ4n) is 37.0. The molecule has 15 saturated heterocycles. The van der Waals surface area contributed by atoms with Gasteiger partial charge in [-0.1, -0.05) is 135 Å². The molecular weight excluding hydrogens is 1650 g/mol. The number of hydrogen-bond donors (Lipinski definition) is 24. The molecule has 0 aromatic heterocycles. The number of aliphatic carboxylic acids is 3. The van der Waals surface area contributed by atoms with Crippen LogP contribution in [0.3, 0.4) is 0 Å². The summed E-state index contributed by atoms with van der Waals surface area (Å²) in [5, 5.41) is 136. The quantitative estimate of drug-likeness (QED) is 0.177. The van der Waals surface area contributed by atoms with Crippen LogP contribution in [0.25, 0.3) is 0 Å². The van der Waals surface area contributed by atoms with Crippen molar-refractivity contribution in [3.8, 4) is 0 Å². The van der Waals surface area contributed by atoms with Gasteiger partial charge in [-0.2, -0.15) is 0 Å². The third-order valence-electron chi connectivity index (χ3n) is 42.6. The number of rotatable bonds is 3. The molecule has 0 radical (unpaired) electrons. The van der Waals surface area contributed by atoms with E-state index in [-0.39, 0.29) is 128 Å². The molecule has 0 aromatic carbocycles. The molecule has 15 aliphatic heterocycles. The van der Waals surface area contributed by atoms with Crippen LogP contribution < -0.4 is 143 Å². The molecule has 30 nitrogen and oxygen atoms in total. The van der Waals surface area contributed by atoms with Gasteiger partial charge >= 0.3 is 17.4 Å². The molecule has 51 atom stereocenters. The minimum atomic E-state index is -0.857. The maximum absolute atomic E-state index is 12.5. The number of hydrogen-bond acceptors (Lipinski definition) is 30. The van der Waals surface area contributed by atoms with Gasteiger partial charge in [0.25, 0.3) is 0 Å². The average molecular weight is 1810 g/mol. The number of nitrogens with one attached hydrogen (secondary N) is 24. The van der Waals surface area contributed by atoms with E-state index in [9.17, 15) is 29.7 Å². The van der Waals surface area contributed by atoms with Gasteiger partial charge in [0.1, 0.15) is 0 Å². The first-order valence-corrected chi connectivity index (χ1v) is 55.2. The van der Waals surface area contributed by atoms with Crippen LogP contribution in [0.15, 0.2) is 0 Å². The van der Waals surface area contributed by atoms with Crippen molar-refractivity contribution in [2.75, 3.05) is 0 Å². The van der Waals surface area contributed by atoms with Crippen LogP contribution >= 0.6 is 0 Å². The second-order valence-corrected chi connectivity index (χ2v) is 48.3. The Balaban J connectivity index is 0.000000108. The Morgan fingerprint density at radius 1 is 0.131 bits per heavy atom. The molecule has 27 fully saturated rings. The Labute approximate surface area is 784 Å². The normalized spacial score (nSPS) is 55.6. The molecule has 27 aliphatic rings. The molecule has 12 saturated carbocycles. The Morgan fingerprint density at radius 3 is 0.331 bits per heavy atom. The molecule has 12 aliphatic carbocycles. The van der Waals surface area contributed by atoms with Gasteiger partial charge in [-0.15, -0.1) is 0 Å². The fraction of sp³-hybridized carbons (Fsp3) is 0.970. The van der Waals surface area contributed by atoms with Gasteiger partial charge in [0.2, 0.25) is 0 Å². The standard InChI is InChI=1S/3C33H56N8O2.Al/c3*42-33(43)23-15-7-14-22-24(23)32-40-30-21-13-6-5-12-20(21)28(38-30)36-26-17-9-2-1-8-16(17)25(34-26)35-27-18-10-3-4-11-19(18)29(37-27)39-31(22)41-32;/h3*16-32,34-41H,1-15H2,(H,42,43);/q;;;+3/p-3. The molecule has 720 valence electrons. The molecule has 0 amide bonds. The molecule has 15 heterocycles. The topological polar surface area (TPSA) is 409 Å². The number of fused-ring (bicyclic) bond motifs is 60. The Bertz CT molecular complexity index is 3530. The first kappa shape index (κ1) is 90.5. The van der Waals surface area contributed by atoms with E-state index in [0.29, 0.717) is 180 Å². The van der Waals surface area contributed by atoms with Crippen LogP contribution in [0.2, 0.25) is 0 Å². The number of carboxylic acid groups (broad SMARTS) is 3. The van der Waals surface area contributed by atoms with Crippen LogP contribution in [-0.2, 0) is 14.4 Å². The maximum atomic E-state index is 12.5. The van der Waals surface area contributed by atoms with Crippen molar-refractivity contribution in [2.45, 2.75) is 437 Å². The van der Waals surface area contributed by atoms with E-state index < -0.39 is 35.7 Å². The van der Waals surface area contributed by atoms with Crippen molar-refractivity contribution in [3.63, 3.8) is 0 Å². The Kier molecular flexibility index (Phi) is 26.8. The smallest absolute Gasteiger partial charge is 0.550 e. The SMILES string of the molecule is O=C([O-])C1CCCC2C3NC4NC(NC5NC(NC6NC(NC(N3)C12)C1CCCCC61)C1CCCCC51)C1CCCCC41.O=C([O-])C1CCCC2C3NC4NC(NC5NC(NC6NC(NC(N3)C12)C1CCCCC61)C1CCCCC51)C1CCCCC41.O=C([O-])C1CCCC2C3NC4NC(NC5NC(NC6NC(NC(N3)C12)C1CCCCC61)C1CCCCC51)C1CCCCC41.[Al+3]. The molecule has 0 spiro atoms. The van der Waals surface area contributed by atoms with Gasteiger partial charge < -0.3 is 29.7 Å². The van der Waals surface area contributed by atoms with Crippen molar-refractivity contribution < 1.29 is 29.7 Å². The van der Waals surface area contributed by atoms with Crippen molar-refractivity contribution in [1.29, 1.82) is 0 Å². The molecular formula is C99H165AlN24O6. The third-order valence-corrected chi connectivity index (χ3v) is 42.6.